The maximum absolute atomic E-state index is 10.3. The van der Waals surface area contributed by atoms with Gasteiger partial charge in [0.2, 0.25) is 0 Å². The van der Waals surface area contributed by atoms with Crippen LogP contribution in [0.25, 0.3) is 0 Å². The van der Waals surface area contributed by atoms with Crippen molar-refractivity contribution in [2.24, 2.45) is 0 Å². The average Bonchev–Trinajstić information content (AvgIpc) is 3.02. The zero-order chi connectivity index (χ0) is 12.0. The van der Waals surface area contributed by atoms with Gasteiger partial charge >= 0.3 is 0 Å². The molecule has 17 heavy (non-hydrogen) atoms. The average molecular weight is 233 g/mol. The molecule has 0 unspecified atom stereocenters. The smallest absolute Gasteiger partial charge is 0.124 e. The predicted molar refractivity (Wildman–Crippen MR) is 67.6 cm³/mol. The first kappa shape index (κ1) is 10.9. The van der Waals surface area contributed by atoms with E-state index >= 15 is 0 Å². The molecule has 0 atom stereocenters. The Morgan fingerprint density at radius 1 is 1.35 bits per heavy atom. The van der Waals surface area contributed by atoms with Gasteiger partial charge in [-0.3, -0.25) is 0 Å². The van der Waals surface area contributed by atoms with Gasteiger partial charge in [0.15, 0.2) is 0 Å². The summed E-state index contributed by atoms with van der Waals surface area (Å²) in [5, 5.41) is 20.2. The van der Waals surface area contributed by atoms with Crippen molar-refractivity contribution < 1.29 is 10.2 Å². The lowest BCUT2D eigenvalue weighted by Gasteiger charge is -2.29. The van der Waals surface area contributed by atoms with Crippen LogP contribution in [0.1, 0.15) is 30.4 Å². The van der Waals surface area contributed by atoms with Crippen molar-refractivity contribution in [3.8, 4) is 5.75 Å². The van der Waals surface area contributed by atoms with Crippen LogP contribution in [-0.2, 0) is 12.8 Å². The van der Waals surface area contributed by atoms with Crippen LogP contribution < -0.4 is 4.90 Å². The van der Waals surface area contributed by atoms with Gasteiger partial charge in [-0.1, -0.05) is 6.07 Å². The summed E-state index contributed by atoms with van der Waals surface area (Å²) >= 11 is 0. The molecule has 1 aliphatic carbocycles. The van der Waals surface area contributed by atoms with Gasteiger partial charge in [0.25, 0.3) is 0 Å². The molecule has 0 spiro atoms. The molecular formula is C14H19NO2. The summed E-state index contributed by atoms with van der Waals surface area (Å²) in [5.41, 5.74) is 2.56. The van der Waals surface area contributed by atoms with Gasteiger partial charge in [0, 0.05) is 31.3 Å². The minimum absolute atomic E-state index is 0.411. The van der Waals surface area contributed by atoms with Gasteiger partial charge in [0.05, 0.1) is 5.60 Å². The molecule has 1 aromatic rings. The minimum Gasteiger partial charge on any atom is -0.507 e. The topological polar surface area (TPSA) is 43.7 Å². The molecule has 0 radical (unpaired) electrons. The van der Waals surface area contributed by atoms with E-state index in [1.54, 1.807) is 0 Å². The van der Waals surface area contributed by atoms with E-state index in [2.05, 4.69) is 18.0 Å². The fourth-order valence-corrected chi connectivity index (χ4v) is 2.71. The molecule has 0 amide bonds. The second kappa shape index (κ2) is 3.64. The molecule has 3 rings (SSSR count). The number of phenolic OH excluding ortho intramolecular Hbond substituents is 1. The Bertz CT molecular complexity index is 452. The first-order chi connectivity index (χ1) is 8.09. The highest BCUT2D eigenvalue weighted by Gasteiger charge is 2.41. The predicted octanol–water partition coefficient (Wildman–Crippen LogP) is 1.84. The van der Waals surface area contributed by atoms with Crippen molar-refractivity contribution in [2.45, 2.75) is 37.7 Å². The maximum Gasteiger partial charge on any atom is 0.124 e. The number of anilines is 1. The van der Waals surface area contributed by atoms with Crippen molar-refractivity contribution in [1.29, 1.82) is 0 Å². The van der Waals surface area contributed by atoms with Gasteiger partial charge in [-0.25, -0.2) is 0 Å². The lowest BCUT2D eigenvalue weighted by atomic mass is 9.95. The van der Waals surface area contributed by atoms with Crippen LogP contribution in [0.5, 0.6) is 5.75 Å². The second-order valence-corrected chi connectivity index (χ2v) is 5.50. The number of hydrogen-bond donors (Lipinski definition) is 2. The van der Waals surface area contributed by atoms with E-state index in [-0.39, 0.29) is 0 Å². The molecule has 1 aromatic carbocycles. The van der Waals surface area contributed by atoms with Crippen LogP contribution >= 0.6 is 0 Å². The summed E-state index contributed by atoms with van der Waals surface area (Å²) in [5.74, 6) is 0.411. The molecule has 1 heterocycles. The van der Waals surface area contributed by atoms with Crippen molar-refractivity contribution in [1.82, 2.24) is 0 Å². The van der Waals surface area contributed by atoms with Gasteiger partial charge in [-0.2, -0.15) is 0 Å². The van der Waals surface area contributed by atoms with Crippen LogP contribution in [0.15, 0.2) is 12.1 Å². The maximum atomic E-state index is 10.3. The number of aromatic hydroxyl groups is 1. The zero-order valence-electron chi connectivity index (χ0n) is 10.2. The molecule has 3 nitrogen and oxygen atoms in total. The summed E-state index contributed by atoms with van der Waals surface area (Å²) < 4.78 is 0. The van der Waals surface area contributed by atoms with Crippen molar-refractivity contribution in [2.75, 3.05) is 18.5 Å². The quantitative estimate of drug-likeness (QED) is 0.819. The largest absolute Gasteiger partial charge is 0.507 e. The van der Waals surface area contributed by atoms with E-state index in [0.29, 0.717) is 12.2 Å². The number of rotatable bonds is 2. The van der Waals surface area contributed by atoms with Gasteiger partial charge < -0.3 is 15.1 Å². The minimum atomic E-state index is -0.535. The third-order valence-electron chi connectivity index (χ3n) is 4.02. The number of nitrogens with zero attached hydrogens (tertiary/aromatic N) is 1. The van der Waals surface area contributed by atoms with Gasteiger partial charge in [-0.15, -0.1) is 0 Å². The highest BCUT2D eigenvalue weighted by molar-refractivity contribution is 5.62. The summed E-state index contributed by atoms with van der Waals surface area (Å²) in [6, 6.07) is 4.04. The third-order valence-corrected chi connectivity index (χ3v) is 4.02. The molecule has 92 valence electrons. The Morgan fingerprint density at radius 2 is 2.12 bits per heavy atom. The molecule has 1 aliphatic heterocycles. The lowest BCUT2D eigenvalue weighted by molar-refractivity contribution is 0.150. The van der Waals surface area contributed by atoms with E-state index in [0.717, 1.165) is 49.0 Å². The summed E-state index contributed by atoms with van der Waals surface area (Å²) in [4.78, 5) is 2.19. The molecular weight excluding hydrogens is 214 g/mol. The molecule has 1 fully saturated rings. The standard InChI is InChI=1S/C14H19NO2/c1-15-8-2-3-11-12(15)5-4-10(13(11)16)9-14(17)6-7-14/h4-5,16-17H,2-3,6-9H2,1H3. The number of benzene rings is 1. The van der Waals surface area contributed by atoms with E-state index < -0.39 is 5.60 Å². The molecule has 0 bridgehead atoms. The Kier molecular flexibility index (Phi) is 2.33. The van der Waals surface area contributed by atoms with Gasteiger partial charge in [-0.05, 0) is 37.3 Å². The fraction of sp³-hybridized carbons (Fsp3) is 0.571. The van der Waals surface area contributed by atoms with E-state index in [4.69, 9.17) is 0 Å². The van der Waals surface area contributed by atoms with Crippen LogP contribution in [0.2, 0.25) is 0 Å². The SMILES string of the molecule is CN1CCCc2c1ccc(CC1(O)CC1)c2O. The van der Waals surface area contributed by atoms with Crippen LogP contribution in [0.3, 0.4) is 0 Å². The lowest BCUT2D eigenvalue weighted by Crippen LogP contribution is -2.25. The molecule has 2 aliphatic rings. The van der Waals surface area contributed by atoms with Gasteiger partial charge in [0.1, 0.15) is 5.75 Å². The molecule has 3 heteroatoms. The van der Waals surface area contributed by atoms with E-state index in [1.807, 2.05) is 6.07 Å². The van der Waals surface area contributed by atoms with Crippen molar-refractivity contribution in [3.63, 3.8) is 0 Å². The first-order valence-corrected chi connectivity index (χ1v) is 6.36. The Balaban J connectivity index is 1.96. The fourth-order valence-electron chi connectivity index (χ4n) is 2.71. The normalized spacial score (nSPS) is 21.2. The highest BCUT2D eigenvalue weighted by atomic mass is 16.3. The van der Waals surface area contributed by atoms with Crippen LogP contribution in [0, 0.1) is 0 Å². The second-order valence-electron chi connectivity index (χ2n) is 5.50. The summed E-state index contributed by atoms with van der Waals surface area (Å²) in [6.45, 7) is 1.05. The molecule has 2 N–H and O–H groups in total. The first-order valence-electron chi connectivity index (χ1n) is 6.36. The molecule has 0 aromatic heterocycles. The number of hydrogen-bond acceptors (Lipinski definition) is 3. The molecule has 0 saturated heterocycles. The molecule has 1 saturated carbocycles. The van der Waals surface area contributed by atoms with Crippen molar-refractivity contribution in [3.05, 3.63) is 23.3 Å². The van der Waals surface area contributed by atoms with E-state index in [1.165, 1.54) is 0 Å². The monoisotopic (exact) mass is 233 g/mol. The van der Waals surface area contributed by atoms with Crippen molar-refractivity contribution >= 4 is 5.69 Å². The summed E-state index contributed by atoms with van der Waals surface area (Å²) in [7, 11) is 2.06. The van der Waals surface area contributed by atoms with Crippen LogP contribution in [0.4, 0.5) is 5.69 Å². The van der Waals surface area contributed by atoms with E-state index in [9.17, 15) is 10.2 Å². The Labute approximate surface area is 102 Å². The van der Waals surface area contributed by atoms with Crippen LogP contribution in [-0.4, -0.2) is 29.4 Å². The number of phenols is 1. The number of aliphatic hydroxyl groups is 1. The third kappa shape index (κ3) is 1.89. The summed E-state index contributed by atoms with van der Waals surface area (Å²) in [6.07, 6.45) is 4.35. The zero-order valence-corrected chi connectivity index (χ0v) is 10.2. The Hall–Kier alpha value is -1.22. The Morgan fingerprint density at radius 3 is 2.82 bits per heavy atom. The number of fused-ring (bicyclic) bond motifs is 1. The highest BCUT2D eigenvalue weighted by Crippen LogP contribution is 2.42.